The zero-order valence-electron chi connectivity index (χ0n) is 15.9. The highest BCUT2D eigenvalue weighted by Crippen LogP contribution is 2.43. The molecular formula is C28H19N. The quantitative estimate of drug-likeness (QED) is 0.266. The van der Waals surface area contributed by atoms with Crippen molar-refractivity contribution in [3.63, 3.8) is 0 Å². The Morgan fingerprint density at radius 2 is 1.00 bits per heavy atom. The van der Waals surface area contributed by atoms with E-state index < -0.39 is 0 Å². The van der Waals surface area contributed by atoms with Crippen LogP contribution in [0.4, 0.5) is 17.1 Å². The molecule has 136 valence electrons. The van der Waals surface area contributed by atoms with Crippen LogP contribution in [0, 0.1) is 0 Å². The molecule has 0 radical (unpaired) electrons. The van der Waals surface area contributed by atoms with Gasteiger partial charge in [0.15, 0.2) is 0 Å². The molecule has 1 aliphatic heterocycles. The van der Waals surface area contributed by atoms with Gasteiger partial charge in [0.05, 0.1) is 11.4 Å². The zero-order chi connectivity index (χ0) is 19.2. The van der Waals surface area contributed by atoms with Crippen molar-refractivity contribution in [2.45, 2.75) is 0 Å². The third-order valence-electron chi connectivity index (χ3n) is 5.79. The van der Waals surface area contributed by atoms with E-state index in [-0.39, 0.29) is 0 Å². The third kappa shape index (κ3) is 2.55. The molecule has 1 heteroatoms. The van der Waals surface area contributed by atoms with Crippen molar-refractivity contribution in [1.29, 1.82) is 0 Å². The van der Waals surface area contributed by atoms with Crippen LogP contribution in [0.25, 0.3) is 33.7 Å². The number of benzene rings is 5. The molecule has 0 saturated heterocycles. The van der Waals surface area contributed by atoms with Crippen molar-refractivity contribution in [2.24, 2.45) is 0 Å². The fourth-order valence-electron chi connectivity index (χ4n) is 4.38. The molecule has 0 N–H and O–H groups in total. The summed E-state index contributed by atoms with van der Waals surface area (Å²) in [6.45, 7) is 0. The lowest BCUT2D eigenvalue weighted by Crippen LogP contribution is -2.11. The van der Waals surface area contributed by atoms with Crippen LogP contribution in [0.5, 0.6) is 0 Å². The van der Waals surface area contributed by atoms with Crippen molar-refractivity contribution in [3.8, 4) is 0 Å². The summed E-state index contributed by atoms with van der Waals surface area (Å²) in [5, 5.41) is 5.12. The van der Waals surface area contributed by atoms with Gasteiger partial charge in [-0.3, -0.25) is 0 Å². The maximum Gasteiger partial charge on any atom is 0.0534 e. The maximum atomic E-state index is 2.38. The van der Waals surface area contributed by atoms with Crippen LogP contribution in [-0.2, 0) is 0 Å². The van der Waals surface area contributed by atoms with Gasteiger partial charge in [0.1, 0.15) is 0 Å². The van der Waals surface area contributed by atoms with Gasteiger partial charge in [-0.15, -0.1) is 0 Å². The number of fused-ring (bicyclic) bond motifs is 5. The topological polar surface area (TPSA) is 3.24 Å². The Kier molecular flexibility index (Phi) is 3.54. The van der Waals surface area contributed by atoms with E-state index in [9.17, 15) is 0 Å². The average Bonchev–Trinajstić information content (AvgIpc) is 2.95. The van der Waals surface area contributed by atoms with E-state index in [0.717, 1.165) is 0 Å². The summed E-state index contributed by atoms with van der Waals surface area (Å²) >= 11 is 0. The summed E-state index contributed by atoms with van der Waals surface area (Å²) in [6, 6.07) is 37.0. The summed E-state index contributed by atoms with van der Waals surface area (Å²) in [7, 11) is 0. The van der Waals surface area contributed by atoms with Gasteiger partial charge in [-0.1, -0.05) is 91.0 Å². The molecule has 1 aliphatic rings. The Hall–Kier alpha value is -3.84. The number of anilines is 3. The van der Waals surface area contributed by atoms with Crippen LogP contribution < -0.4 is 4.90 Å². The van der Waals surface area contributed by atoms with Gasteiger partial charge >= 0.3 is 0 Å². The lowest BCUT2D eigenvalue weighted by atomic mass is 10.0. The molecule has 1 heterocycles. The second kappa shape index (κ2) is 6.35. The van der Waals surface area contributed by atoms with Gasteiger partial charge in [0.25, 0.3) is 0 Å². The number of rotatable bonds is 1. The minimum absolute atomic E-state index is 1.18. The van der Waals surface area contributed by atoms with Crippen LogP contribution >= 0.6 is 0 Å². The molecule has 5 aromatic carbocycles. The Bertz CT molecular complexity index is 1360. The lowest BCUT2D eigenvalue weighted by molar-refractivity contribution is 1.28. The molecular weight excluding hydrogens is 350 g/mol. The van der Waals surface area contributed by atoms with E-state index in [1.807, 2.05) is 0 Å². The predicted octanol–water partition coefficient (Wildman–Crippen LogP) is 7.95. The Morgan fingerprint density at radius 1 is 0.448 bits per heavy atom. The molecule has 1 nitrogen and oxygen atoms in total. The Morgan fingerprint density at radius 3 is 1.72 bits per heavy atom. The largest absolute Gasteiger partial charge is 0.309 e. The second-order valence-corrected chi connectivity index (χ2v) is 7.48. The molecule has 0 unspecified atom stereocenters. The van der Waals surface area contributed by atoms with Gasteiger partial charge < -0.3 is 4.90 Å². The fraction of sp³-hybridized carbons (Fsp3) is 0. The van der Waals surface area contributed by atoms with Gasteiger partial charge in [-0.2, -0.15) is 0 Å². The van der Waals surface area contributed by atoms with E-state index in [0.29, 0.717) is 0 Å². The van der Waals surface area contributed by atoms with E-state index in [2.05, 4.69) is 120 Å². The molecule has 0 spiro atoms. The van der Waals surface area contributed by atoms with Crippen LogP contribution in [-0.4, -0.2) is 0 Å². The first-order valence-corrected chi connectivity index (χ1v) is 9.96. The van der Waals surface area contributed by atoms with E-state index >= 15 is 0 Å². The van der Waals surface area contributed by atoms with Gasteiger partial charge in [-0.25, -0.2) is 0 Å². The molecule has 0 bridgehead atoms. The smallest absolute Gasteiger partial charge is 0.0534 e. The first-order chi connectivity index (χ1) is 14.4. The molecule has 0 aliphatic carbocycles. The van der Waals surface area contributed by atoms with Crippen LogP contribution in [0.1, 0.15) is 11.1 Å². The molecule has 0 atom stereocenters. The second-order valence-electron chi connectivity index (χ2n) is 7.48. The summed E-state index contributed by atoms with van der Waals surface area (Å²) in [4.78, 5) is 2.38. The van der Waals surface area contributed by atoms with Crippen LogP contribution in [0.15, 0.2) is 103 Å². The number of nitrogens with zero attached hydrogens (tertiary/aromatic N) is 1. The molecule has 5 aromatic rings. The zero-order valence-corrected chi connectivity index (χ0v) is 15.9. The van der Waals surface area contributed by atoms with Crippen molar-refractivity contribution >= 4 is 50.8 Å². The summed E-state index contributed by atoms with van der Waals surface area (Å²) < 4.78 is 0. The molecule has 29 heavy (non-hydrogen) atoms. The fourth-order valence-corrected chi connectivity index (χ4v) is 4.38. The molecule has 0 saturated carbocycles. The van der Waals surface area contributed by atoms with Gasteiger partial charge in [0, 0.05) is 5.69 Å². The highest BCUT2D eigenvalue weighted by molar-refractivity contribution is 6.09. The Labute approximate surface area is 170 Å². The highest BCUT2D eigenvalue weighted by Gasteiger charge is 2.19. The van der Waals surface area contributed by atoms with Crippen LogP contribution in [0.3, 0.4) is 0 Å². The monoisotopic (exact) mass is 369 g/mol. The molecule has 0 fully saturated rings. The summed E-state index contributed by atoms with van der Waals surface area (Å²) in [5.41, 5.74) is 6.03. The third-order valence-corrected chi connectivity index (χ3v) is 5.79. The molecule has 6 rings (SSSR count). The van der Waals surface area contributed by atoms with E-state index in [1.54, 1.807) is 0 Å². The Balaban J connectivity index is 1.66. The van der Waals surface area contributed by atoms with Gasteiger partial charge in [0.2, 0.25) is 0 Å². The van der Waals surface area contributed by atoms with Crippen molar-refractivity contribution in [2.75, 3.05) is 4.90 Å². The summed E-state index contributed by atoms with van der Waals surface area (Å²) in [6.07, 6.45) is 4.43. The summed E-state index contributed by atoms with van der Waals surface area (Å²) in [5.74, 6) is 0. The van der Waals surface area contributed by atoms with Crippen LogP contribution in [0.2, 0.25) is 0 Å². The number of para-hydroxylation sites is 2. The maximum absolute atomic E-state index is 2.38. The first-order valence-electron chi connectivity index (χ1n) is 9.96. The number of hydrogen-bond acceptors (Lipinski definition) is 1. The normalized spacial score (nSPS) is 12.6. The lowest BCUT2D eigenvalue weighted by Gasteiger charge is -2.27. The van der Waals surface area contributed by atoms with Crippen molar-refractivity contribution < 1.29 is 0 Å². The predicted molar refractivity (Wildman–Crippen MR) is 125 cm³/mol. The van der Waals surface area contributed by atoms with Crippen molar-refractivity contribution in [1.82, 2.24) is 0 Å². The first kappa shape index (κ1) is 16.1. The SMILES string of the molecule is C1=Cc2ccccc2N(c2ccc3ccc4ccccc4c3c2)c2ccccc21. The molecule has 0 aromatic heterocycles. The standard InChI is InChI=1S/C28H19N/c1-4-10-25-20(7-1)13-14-21-17-18-24(19-26(21)25)29-27-11-5-2-8-22(27)15-16-23-9-3-6-12-28(23)29/h1-19H. The minimum Gasteiger partial charge on any atom is -0.309 e. The minimum atomic E-state index is 1.18. The van der Waals surface area contributed by atoms with Gasteiger partial charge in [-0.05, 0) is 56.9 Å². The highest BCUT2D eigenvalue weighted by atomic mass is 15.1. The van der Waals surface area contributed by atoms with E-state index in [4.69, 9.17) is 0 Å². The molecule has 0 amide bonds. The average molecular weight is 369 g/mol. The van der Waals surface area contributed by atoms with Crippen molar-refractivity contribution in [3.05, 3.63) is 114 Å². The number of hydrogen-bond donors (Lipinski definition) is 0. The van der Waals surface area contributed by atoms with E-state index in [1.165, 1.54) is 49.7 Å².